The number of hydrogen-bond acceptors (Lipinski definition) is 3. The summed E-state index contributed by atoms with van der Waals surface area (Å²) in [5.41, 5.74) is 0.655. The summed E-state index contributed by atoms with van der Waals surface area (Å²) in [5, 5.41) is 0. The summed E-state index contributed by atoms with van der Waals surface area (Å²) in [6.07, 6.45) is 5.18. The molecule has 0 radical (unpaired) electrons. The van der Waals surface area contributed by atoms with E-state index in [1.807, 2.05) is 6.92 Å². The molecule has 2 bridgehead atoms. The topological polar surface area (TPSA) is 46.6 Å². The Balaban J connectivity index is 1.64. The molecule has 0 spiro atoms. The fourth-order valence-electron chi connectivity index (χ4n) is 4.01. The normalized spacial score (nSPS) is 32.9. The Bertz CT molecular complexity index is 604. The van der Waals surface area contributed by atoms with Crippen molar-refractivity contribution in [3.8, 4) is 5.75 Å². The minimum absolute atomic E-state index is 0.0361. The van der Waals surface area contributed by atoms with E-state index < -0.39 is 0 Å². The van der Waals surface area contributed by atoms with Gasteiger partial charge in [-0.2, -0.15) is 0 Å². The van der Waals surface area contributed by atoms with Gasteiger partial charge in [0, 0.05) is 0 Å². The Hall–Kier alpha value is -2.10. The molecule has 1 heterocycles. The average Bonchev–Trinajstić information content (AvgIpc) is 3.15. The number of imide groups is 1. The average molecular weight is 283 g/mol. The van der Waals surface area contributed by atoms with Gasteiger partial charge in [0.2, 0.25) is 11.8 Å². The first-order chi connectivity index (χ1) is 10.2. The van der Waals surface area contributed by atoms with Gasteiger partial charge in [0.15, 0.2) is 0 Å². The molecule has 2 fully saturated rings. The molecule has 2 aliphatic carbocycles. The number of carbonyl (C=O) groups is 2. The van der Waals surface area contributed by atoms with Gasteiger partial charge in [0.25, 0.3) is 0 Å². The van der Waals surface area contributed by atoms with Crippen LogP contribution in [0.1, 0.15) is 13.3 Å². The van der Waals surface area contributed by atoms with Crippen molar-refractivity contribution >= 4 is 17.5 Å². The van der Waals surface area contributed by atoms with Gasteiger partial charge in [-0.15, -0.1) is 0 Å². The first-order valence-electron chi connectivity index (χ1n) is 7.49. The molecule has 1 saturated carbocycles. The number of allylic oxidation sites excluding steroid dienone is 2. The van der Waals surface area contributed by atoms with Crippen molar-refractivity contribution in [3.05, 3.63) is 36.4 Å². The van der Waals surface area contributed by atoms with Gasteiger partial charge in [0.05, 0.1) is 24.1 Å². The quantitative estimate of drug-likeness (QED) is 0.632. The fourth-order valence-corrected chi connectivity index (χ4v) is 4.01. The van der Waals surface area contributed by atoms with E-state index in [0.29, 0.717) is 12.3 Å². The molecule has 2 amide bonds. The summed E-state index contributed by atoms with van der Waals surface area (Å²) in [6.45, 7) is 2.52. The van der Waals surface area contributed by atoms with Gasteiger partial charge in [-0.3, -0.25) is 14.5 Å². The molecule has 4 heteroatoms. The summed E-state index contributed by atoms with van der Waals surface area (Å²) in [6, 6.07) is 7.19. The lowest BCUT2D eigenvalue weighted by Gasteiger charge is -2.17. The summed E-state index contributed by atoms with van der Waals surface area (Å²) < 4.78 is 5.40. The molecule has 4 rings (SSSR count). The smallest absolute Gasteiger partial charge is 0.238 e. The molecule has 0 N–H and O–H groups in total. The predicted octanol–water partition coefficient (Wildman–Crippen LogP) is 2.40. The molecule has 108 valence electrons. The molecule has 1 aliphatic heterocycles. The Morgan fingerprint density at radius 3 is 2.14 bits per heavy atom. The predicted molar refractivity (Wildman–Crippen MR) is 77.8 cm³/mol. The van der Waals surface area contributed by atoms with Crippen LogP contribution >= 0.6 is 0 Å². The summed E-state index contributed by atoms with van der Waals surface area (Å²) in [4.78, 5) is 26.6. The first-order valence-corrected chi connectivity index (χ1v) is 7.49. The van der Waals surface area contributed by atoms with Crippen LogP contribution in [-0.4, -0.2) is 18.4 Å². The minimum Gasteiger partial charge on any atom is -0.494 e. The van der Waals surface area contributed by atoms with Crippen LogP contribution in [0.3, 0.4) is 0 Å². The van der Waals surface area contributed by atoms with Crippen molar-refractivity contribution in [1.29, 1.82) is 0 Å². The lowest BCUT2D eigenvalue weighted by Crippen LogP contribution is -2.32. The Labute approximate surface area is 123 Å². The highest BCUT2D eigenvalue weighted by molar-refractivity contribution is 6.22. The van der Waals surface area contributed by atoms with E-state index in [0.717, 1.165) is 12.2 Å². The van der Waals surface area contributed by atoms with Crippen LogP contribution in [0, 0.1) is 23.7 Å². The van der Waals surface area contributed by atoms with Gasteiger partial charge in [-0.1, -0.05) is 12.2 Å². The Morgan fingerprint density at radius 1 is 1.05 bits per heavy atom. The number of rotatable bonds is 3. The molecule has 4 atom stereocenters. The third kappa shape index (κ3) is 1.68. The molecular formula is C17H17NO3. The van der Waals surface area contributed by atoms with Crippen molar-refractivity contribution in [3.63, 3.8) is 0 Å². The van der Waals surface area contributed by atoms with E-state index in [1.54, 1.807) is 24.3 Å². The van der Waals surface area contributed by atoms with Crippen molar-refractivity contribution in [1.82, 2.24) is 0 Å². The van der Waals surface area contributed by atoms with Gasteiger partial charge in [-0.05, 0) is 49.4 Å². The number of amides is 2. The third-order valence-corrected chi connectivity index (χ3v) is 4.88. The second-order valence-corrected chi connectivity index (χ2v) is 5.94. The van der Waals surface area contributed by atoms with Crippen molar-refractivity contribution in [2.75, 3.05) is 11.5 Å². The maximum atomic E-state index is 12.6. The summed E-state index contributed by atoms with van der Waals surface area (Å²) in [5.74, 6) is 0.908. The lowest BCUT2D eigenvalue weighted by atomic mass is 9.85. The highest BCUT2D eigenvalue weighted by Crippen LogP contribution is 2.53. The van der Waals surface area contributed by atoms with E-state index >= 15 is 0 Å². The Morgan fingerprint density at radius 2 is 1.62 bits per heavy atom. The second kappa shape index (κ2) is 4.45. The molecule has 1 aromatic carbocycles. The maximum Gasteiger partial charge on any atom is 0.238 e. The molecular weight excluding hydrogens is 266 g/mol. The molecule has 3 aliphatic rings. The van der Waals surface area contributed by atoms with Crippen LogP contribution in [-0.2, 0) is 9.59 Å². The molecule has 21 heavy (non-hydrogen) atoms. The van der Waals surface area contributed by atoms with E-state index in [-0.39, 0.29) is 35.5 Å². The zero-order valence-corrected chi connectivity index (χ0v) is 11.9. The van der Waals surface area contributed by atoms with Crippen LogP contribution in [0.25, 0.3) is 0 Å². The number of fused-ring (bicyclic) bond motifs is 5. The largest absolute Gasteiger partial charge is 0.494 e. The molecule has 4 nitrogen and oxygen atoms in total. The maximum absolute atomic E-state index is 12.6. The van der Waals surface area contributed by atoms with Crippen LogP contribution in [0.15, 0.2) is 36.4 Å². The standard InChI is InChI=1S/C17H17NO3/c1-2-21-13-7-5-12(6-8-13)18-16(19)14-10-3-4-11(9-10)15(14)17(18)20/h3-8,10-11,14-15H,2,9H2,1H3/t10-,11-,14-,15-/m1/s1. The molecule has 0 unspecified atom stereocenters. The van der Waals surface area contributed by atoms with Crippen LogP contribution in [0.4, 0.5) is 5.69 Å². The third-order valence-electron chi connectivity index (χ3n) is 4.88. The zero-order chi connectivity index (χ0) is 14.6. The number of benzene rings is 1. The number of carbonyl (C=O) groups excluding carboxylic acids is 2. The molecule has 1 aromatic rings. The van der Waals surface area contributed by atoms with Crippen LogP contribution < -0.4 is 9.64 Å². The van der Waals surface area contributed by atoms with E-state index in [2.05, 4.69) is 12.2 Å². The second-order valence-electron chi connectivity index (χ2n) is 5.94. The fraction of sp³-hybridized carbons (Fsp3) is 0.412. The van der Waals surface area contributed by atoms with Crippen molar-refractivity contribution in [2.24, 2.45) is 23.7 Å². The summed E-state index contributed by atoms with van der Waals surface area (Å²) in [7, 11) is 0. The van der Waals surface area contributed by atoms with E-state index in [1.165, 1.54) is 4.90 Å². The van der Waals surface area contributed by atoms with Gasteiger partial charge in [0.1, 0.15) is 5.75 Å². The van der Waals surface area contributed by atoms with Crippen molar-refractivity contribution in [2.45, 2.75) is 13.3 Å². The van der Waals surface area contributed by atoms with Crippen LogP contribution in [0.5, 0.6) is 5.75 Å². The highest BCUT2D eigenvalue weighted by Gasteiger charge is 2.59. The first kappa shape index (κ1) is 12.6. The minimum atomic E-state index is -0.140. The highest BCUT2D eigenvalue weighted by atomic mass is 16.5. The van der Waals surface area contributed by atoms with Gasteiger partial charge < -0.3 is 4.74 Å². The molecule has 1 saturated heterocycles. The number of nitrogens with zero attached hydrogens (tertiary/aromatic N) is 1. The van der Waals surface area contributed by atoms with E-state index in [4.69, 9.17) is 4.74 Å². The molecule has 0 aromatic heterocycles. The van der Waals surface area contributed by atoms with E-state index in [9.17, 15) is 9.59 Å². The van der Waals surface area contributed by atoms with Crippen LogP contribution in [0.2, 0.25) is 0 Å². The monoisotopic (exact) mass is 283 g/mol. The number of hydrogen-bond donors (Lipinski definition) is 0. The lowest BCUT2D eigenvalue weighted by molar-refractivity contribution is -0.123. The Kier molecular flexibility index (Phi) is 2.67. The SMILES string of the molecule is CCOc1ccc(N2C(=O)[C@H]3[C@H](C2=O)[C@@H]2C=C[C@@H]3C2)cc1. The van der Waals surface area contributed by atoms with Gasteiger partial charge >= 0.3 is 0 Å². The zero-order valence-electron chi connectivity index (χ0n) is 11.9. The summed E-state index contributed by atoms with van der Waals surface area (Å²) >= 11 is 0. The van der Waals surface area contributed by atoms with Crippen molar-refractivity contribution < 1.29 is 14.3 Å². The van der Waals surface area contributed by atoms with Gasteiger partial charge in [-0.25, -0.2) is 0 Å². The number of anilines is 1. The number of ether oxygens (including phenoxy) is 1.